The van der Waals surface area contributed by atoms with Crippen LogP contribution in [0.15, 0.2) is 43.0 Å². The summed E-state index contributed by atoms with van der Waals surface area (Å²) in [7, 11) is 0. The van der Waals surface area contributed by atoms with Gasteiger partial charge in [0.2, 0.25) is 0 Å². The summed E-state index contributed by atoms with van der Waals surface area (Å²) < 4.78 is 6.30. The molecule has 1 aromatic carbocycles. The van der Waals surface area contributed by atoms with Crippen LogP contribution < -0.4 is 5.32 Å². The Balaban J connectivity index is 1.75. The van der Waals surface area contributed by atoms with Crippen molar-refractivity contribution in [3.8, 4) is 0 Å². The zero-order chi connectivity index (χ0) is 17.3. The molecule has 2 heteroatoms. The molecule has 0 aromatic heterocycles. The highest BCUT2D eigenvalue weighted by Crippen LogP contribution is 2.30. The minimum absolute atomic E-state index is 0.164. The Morgan fingerprint density at radius 1 is 1.08 bits per heavy atom. The molecule has 0 radical (unpaired) electrons. The van der Waals surface area contributed by atoms with Gasteiger partial charge in [-0.05, 0) is 31.7 Å². The molecule has 0 bridgehead atoms. The van der Waals surface area contributed by atoms with Crippen molar-refractivity contribution in [3.05, 3.63) is 48.6 Å². The lowest BCUT2D eigenvalue weighted by Gasteiger charge is -2.26. The molecule has 3 atom stereocenters. The van der Waals surface area contributed by atoms with E-state index in [9.17, 15) is 0 Å². The topological polar surface area (TPSA) is 21.3 Å². The molecular weight excluding hydrogens is 294 g/mol. The minimum atomic E-state index is -0.276. The van der Waals surface area contributed by atoms with Crippen molar-refractivity contribution in [2.45, 2.75) is 89.5 Å². The van der Waals surface area contributed by atoms with Gasteiger partial charge in [0, 0.05) is 6.04 Å². The van der Waals surface area contributed by atoms with E-state index in [4.69, 9.17) is 4.74 Å². The molecule has 2 rings (SSSR count). The summed E-state index contributed by atoms with van der Waals surface area (Å²) in [6.45, 7) is 8.44. The molecule has 1 unspecified atom stereocenters. The molecule has 0 amide bonds. The maximum absolute atomic E-state index is 6.30. The number of hydrogen-bond donors (Lipinski definition) is 1. The van der Waals surface area contributed by atoms with Gasteiger partial charge in [-0.1, -0.05) is 81.9 Å². The first-order valence-electron chi connectivity index (χ1n) is 9.79. The van der Waals surface area contributed by atoms with Crippen LogP contribution in [0.2, 0.25) is 0 Å². The first kappa shape index (κ1) is 19.2. The Morgan fingerprint density at radius 3 is 2.42 bits per heavy atom. The molecule has 0 aliphatic carbocycles. The van der Waals surface area contributed by atoms with Crippen LogP contribution in [0.1, 0.15) is 70.8 Å². The van der Waals surface area contributed by atoms with Gasteiger partial charge in [0.1, 0.15) is 11.8 Å². The van der Waals surface area contributed by atoms with E-state index in [2.05, 4.69) is 56.1 Å². The fourth-order valence-electron chi connectivity index (χ4n) is 3.54. The molecule has 1 heterocycles. The van der Waals surface area contributed by atoms with Crippen LogP contribution in [0.5, 0.6) is 0 Å². The molecule has 1 aromatic rings. The molecule has 24 heavy (non-hydrogen) atoms. The molecule has 1 saturated heterocycles. The van der Waals surface area contributed by atoms with E-state index < -0.39 is 0 Å². The zero-order valence-electron chi connectivity index (χ0n) is 15.6. The van der Waals surface area contributed by atoms with Crippen molar-refractivity contribution in [1.82, 2.24) is 5.32 Å². The Bertz CT molecular complexity index is 472. The Labute approximate surface area is 148 Å². The predicted molar refractivity (Wildman–Crippen MR) is 103 cm³/mol. The quantitative estimate of drug-likeness (QED) is 0.420. The van der Waals surface area contributed by atoms with E-state index in [1.165, 1.54) is 50.5 Å². The first-order valence-corrected chi connectivity index (χ1v) is 9.79. The van der Waals surface area contributed by atoms with Crippen LogP contribution in [0.25, 0.3) is 0 Å². The second-order valence-electron chi connectivity index (χ2n) is 7.31. The number of rotatable bonds is 11. The van der Waals surface area contributed by atoms with E-state index in [0.29, 0.717) is 6.04 Å². The van der Waals surface area contributed by atoms with Crippen LogP contribution in [-0.2, 0) is 11.2 Å². The highest BCUT2D eigenvalue weighted by atomic mass is 16.5. The third-order valence-corrected chi connectivity index (χ3v) is 5.23. The molecule has 0 saturated carbocycles. The fourth-order valence-corrected chi connectivity index (χ4v) is 3.54. The van der Waals surface area contributed by atoms with E-state index in [1.807, 2.05) is 6.08 Å². The largest absolute Gasteiger partial charge is 0.351 e. The number of ether oxygens (including phenoxy) is 1. The Hall–Kier alpha value is -1.12. The highest BCUT2D eigenvalue weighted by molar-refractivity contribution is 5.19. The van der Waals surface area contributed by atoms with Gasteiger partial charge in [-0.3, -0.25) is 5.32 Å². The van der Waals surface area contributed by atoms with Gasteiger partial charge in [0.05, 0.1) is 0 Å². The Morgan fingerprint density at radius 2 is 1.75 bits per heavy atom. The lowest BCUT2D eigenvalue weighted by atomic mass is 9.92. The summed E-state index contributed by atoms with van der Waals surface area (Å²) >= 11 is 0. The second kappa shape index (κ2) is 10.0. The third kappa shape index (κ3) is 5.75. The van der Waals surface area contributed by atoms with Crippen molar-refractivity contribution >= 4 is 0 Å². The summed E-state index contributed by atoms with van der Waals surface area (Å²) in [5, 5.41) is 3.70. The van der Waals surface area contributed by atoms with Crippen LogP contribution in [0.3, 0.4) is 0 Å². The highest BCUT2D eigenvalue weighted by Gasteiger charge is 2.41. The monoisotopic (exact) mass is 329 g/mol. The summed E-state index contributed by atoms with van der Waals surface area (Å²) in [5.41, 5.74) is 1.07. The smallest absolute Gasteiger partial charge is 0.109 e. The minimum Gasteiger partial charge on any atom is -0.351 e. The van der Waals surface area contributed by atoms with E-state index in [1.54, 1.807) is 0 Å². The van der Waals surface area contributed by atoms with Crippen LogP contribution in [0, 0.1) is 0 Å². The van der Waals surface area contributed by atoms with Gasteiger partial charge < -0.3 is 4.74 Å². The van der Waals surface area contributed by atoms with E-state index >= 15 is 0 Å². The van der Waals surface area contributed by atoms with Crippen molar-refractivity contribution in [1.29, 1.82) is 0 Å². The number of unbranched alkanes of at least 4 members (excludes halogenated alkanes) is 6. The molecule has 1 aliphatic heterocycles. The standard InChI is InChI=1S/C22H35NO/c1-4-6-7-8-9-10-14-17-21-23-20(22(3,5-2)24-21)18-19-15-12-11-13-16-19/h5,11-13,15-16,20-21,23H,2,4,6-10,14,17-18H2,1,3H3/t20-,21?,22-/m0/s1. The summed E-state index contributed by atoms with van der Waals surface area (Å²) in [4.78, 5) is 0. The molecule has 1 fully saturated rings. The molecule has 0 spiro atoms. The maximum Gasteiger partial charge on any atom is 0.109 e. The van der Waals surface area contributed by atoms with E-state index in [-0.39, 0.29) is 11.8 Å². The molecule has 134 valence electrons. The van der Waals surface area contributed by atoms with E-state index in [0.717, 1.165) is 12.8 Å². The van der Waals surface area contributed by atoms with Gasteiger partial charge in [-0.15, -0.1) is 6.58 Å². The van der Waals surface area contributed by atoms with Gasteiger partial charge >= 0.3 is 0 Å². The lowest BCUT2D eigenvalue weighted by molar-refractivity contribution is -0.00739. The van der Waals surface area contributed by atoms with Gasteiger partial charge in [-0.2, -0.15) is 0 Å². The molecule has 1 N–H and O–H groups in total. The van der Waals surface area contributed by atoms with Crippen LogP contribution in [0.4, 0.5) is 0 Å². The number of hydrogen-bond acceptors (Lipinski definition) is 2. The SMILES string of the molecule is C=C[C@]1(C)OC(CCCCCCCCC)N[C@H]1Cc1ccccc1. The summed E-state index contributed by atoms with van der Waals surface area (Å²) in [5.74, 6) is 0. The zero-order valence-corrected chi connectivity index (χ0v) is 15.6. The van der Waals surface area contributed by atoms with Gasteiger partial charge in [0.15, 0.2) is 0 Å². The molecular formula is C22H35NO. The first-order chi connectivity index (χ1) is 11.7. The number of benzene rings is 1. The second-order valence-corrected chi connectivity index (χ2v) is 7.31. The summed E-state index contributed by atoms with van der Waals surface area (Å²) in [6.07, 6.45) is 13.6. The van der Waals surface area contributed by atoms with Crippen molar-refractivity contribution in [2.75, 3.05) is 0 Å². The van der Waals surface area contributed by atoms with Crippen LogP contribution >= 0.6 is 0 Å². The van der Waals surface area contributed by atoms with Crippen molar-refractivity contribution in [2.24, 2.45) is 0 Å². The molecule has 2 nitrogen and oxygen atoms in total. The molecule has 1 aliphatic rings. The average molecular weight is 330 g/mol. The number of nitrogens with one attached hydrogen (secondary N) is 1. The fraction of sp³-hybridized carbons (Fsp3) is 0.636. The normalized spacial score (nSPS) is 26.6. The Kier molecular flexibility index (Phi) is 8.01. The van der Waals surface area contributed by atoms with Crippen molar-refractivity contribution in [3.63, 3.8) is 0 Å². The summed E-state index contributed by atoms with van der Waals surface area (Å²) in [6, 6.07) is 11.0. The third-order valence-electron chi connectivity index (χ3n) is 5.23. The van der Waals surface area contributed by atoms with Crippen molar-refractivity contribution < 1.29 is 4.74 Å². The maximum atomic E-state index is 6.30. The average Bonchev–Trinajstić information content (AvgIpc) is 2.91. The lowest BCUT2D eigenvalue weighted by Crippen LogP contribution is -2.41. The predicted octanol–water partition coefficient (Wildman–Crippen LogP) is 5.63. The van der Waals surface area contributed by atoms with Gasteiger partial charge in [-0.25, -0.2) is 0 Å². The van der Waals surface area contributed by atoms with Crippen LogP contribution in [-0.4, -0.2) is 17.9 Å². The van der Waals surface area contributed by atoms with Gasteiger partial charge in [0.25, 0.3) is 0 Å².